The van der Waals surface area contributed by atoms with Gasteiger partial charge in [0.05, 0.1) is 0 Å². The van der Waals surface area contributed by atoms with Crippen molar-refractivity contribution in [1.82, 2.24) is 4.90 Å². The van der Waals surface area contributed by atoms with E-state index in [4.69, 9.17) is 4.74 Å². The Balaban J connectivity index is 1.93. The van der Waals surface area contributed by atoms with Gasteiger partial charge in [0.15, 0.2) is 0 Å². The molecule has 0 aromatic heterocycles. The second kappa shape index (κ2) is 9.16. The molecular formula is C19H27NO2S. The molecule has 1 atom stereocenters. The molecule has 0 unspecified atom stereocenters. The number of benzene rings is 2. The minimum Gasteiger partial charge on any atom is -0.490 e. The summed E-state index contributed by atoms with van der Waals surface area (Å²) in [6, 6.07) is 14.6. The molecule has 0 aliphatic carbocycles. The largest absolute Gasteiger partial charge is 0.490 e. The number of hydrogen-bond acceptors (Lipinski definition) is 4. The van der Waals surface area contributed by atoms with Crippen LogP contribution in [0.3, 0.4) is 0 Å². The van der Waals surface area contributed by atoms with Crippen LogP contribution in [0.5, 0.6) is 5.75 Å². The molecule has 3 nitrogen and oxygen atoms in total. The predicted octanol–water partition coefficient (Wildman–Crippen LogP) is 3.65. The maximum absolute atomic E-state index is 10.3. The second-order valence-electron chi connectivity index (χ2n) is 6.02. The van der Waals surface area contributed by atoms with Crippen LogP contribution in [0.2, 0.25) is 0 Å². The van der Waals surface area contributed by atoms with E-state index in [0.717, 1.165) is 28.8 Å². The maximum atomic E-state index is 10.3. The summed E-state index contributed by atoms with van der Waals surface area (Å²) in [7, 11) is 0. The first kappa shape index (κ1) is 18.1. The lowest BCUT2D eigenvalue weighted by Crippen LogP contribution is -2.41. The quantitative estimate of drug-likeness (QED) is 0.759. The normalized spacial score (nSPS) is 13.0. The molecule has 0 amide bonds. The Bertz CT molecular complexity index is 597. The van der Waals surface area contributed by atoms with Crippen molar-refractivity contribution in [2.24, 2.45) is 0 Å². The van der Waals surface area contributed by atoms with E-state index in [1.54, 1.807) is 0 Å². The zero-order valence-corrected chi connectivity index (χ0v) is 15.1. The molecule has 2 aromatic rings. The standard InChI is InChI=1S/C19H27NO2S/c1-15(2)20(11-12-23-3)13-17(21)14-22-19-10-6-8-16-7-4-5-9-18(16)19/h4-10,15,17,21H,11-14H2,1-3H3/t17-/m0/s1. The van der Waals surface area contributed by atoms with Crippen LogP contribution in [0.4, 0.5) is 0 Å². The fraction of sp³-hybridized carbons (Fsp3) is 0.474. The van der Waals surface area contributed by atoms with Crippen LogP contribution in [-0.4, -0.2) is 53.9 Å². The lowest BCUT2D eigenvalue weighted by atomic mass is 10.1. The van der Waals surface area contributed by atoms with Crippen molar-refractivity contribution in [2.75, 3.05) is 31.7 Å². The lowest BCUT2D eigenvalue weighted by Gasteiger charge is -2.28. The number of nitrogens with zero attached hydrogens (tertiary/aromatic N) is 1. The molecule has 0 saturated carbocycles. The first-order valence-electron chi connectivity index (χ1n) is 8.13. The van der Waals surface area contributed by atoms with Gasteiger partial charge in [-0.05, 0) is 31.6 Å². The fourth-order valence-corrected chi connectivity index (χ4v) is 3.02. The van der Waals surface area contributed by atoms with Crippen LogP contribution in [-0.2, 0) is 0 Å². The van der Waals surface area contributed by atoms with E-state index in [-0.39, 0.29) is 0 Å². The zero-order valence-electron chi connectivity index (χ0n) is 14.2. The molecular weight excluding hydrogens is 306 g/mol. The van der Waals surface area contributed by atoms with Crippen LogP contribution in [0.15, 0.2) is 42.5 Å². The summed E-state index contributed by atoms with van der Waals surface area (Å²) in [5, 5.41) is 12.6. The summed E-state index contributed by atoms with van der Waals surface area (Å²) >= 11 is 1.83. The molecule has 23 heavy (non-hydrogen) atoms. The number of ether oxygens (including phenoxy) is 1. The van der Waals surface area contributed by atoms with E-state index in [9.17, 15) is 5.11 Å². The fourth-order valence-electron chi connectivity index (χ4n) is 2.60. The molecule has 126 valence electrons. The third-order valence-electron chi connectivity index (χ3n) is 3.94. The van der Waals surface area contributed by atoms with Gasteiger partial charge in [0, 0.05) is 30.3 Å². The number of hydrogen-bond donors (Lipinski definition) is 1. The minimum atomic E-state index is -0.488. The van der Waals surface area contributed by atoms with Gasteiger partial charge in [-0.15, -0.1) is 0 Å². The van der Waals surface area contributed by atoms with E-state index in [1.807, 2.05) is 36.0 Å². The predicted molar refractivity (Wildman–Crippen MR) is 101 cm³/mol. The second-order valence-corrected chi connectivity index (χ2v) is 7.01. The van der Waals surface area contributed by atoms with Crippen molar-refractivity contribution in [3.63, 3.8) is 0 Å². The van der Waals surface area contributed by atoms with Crippen molar-refractivity contribution in [3.05, 3.63) is 42.5 Å². The number of fused-ring (bicyclic) bond motifs is 1. The van der Waals surface area contributed by atoms with E-state index in [1.165, 1.54) is 0 Å². The lowest BCUT2D eigenvalue weighted by molar-refractivity contribution is 0.0607. The average molecular weight is 333 g/mol. The minimum absolute atomic E-state index is 0.316. The van der Waals surface area contributed by atoms with Crippen LogP contribution in [0, 0.1) is 0 Å². The van der Waals surface area contributed by atoms with Crippen molar-refractivity contribution >= 4 is 22.5 Å². The van der Waals surface area contributed by atoms with Crippen LogP contribution >= 0.6 is 11.8 Å². The highest BCUT2D eigenvalue weighted by Gasteiger charge is 2.15. The van der Waals surface area contributed by atoms with Gasteiger partial charge in [-0.1, -0.05) is 36.4 Å². The van der Waals surface area contributed by atoms with E-state index in [0.29, 0.717) is 19.2 Å². The van der Waals surface area contributed by atoms with Crippen molar-refractivity contribution in [2.45, 2.75) is 26.0 Å². The average Bonchev–Trinajstić information content (AvgIpc) is 2.56. The maximum Gasteiger partial charge on any atom is 0.127 e. The first-order chi connectivity index (χ1) is 11.1. The Morgan fingerprint density at radius 2 is 1.87 bits per heavy atom. The Hall–Kier alpha value is -1.23. The van der Waals surface area contributed by atoms with Gasteiger partial charge in [-0.3, -0.25) is 4.90 Å². The Morgan fingerprint density at radius 1 is 1.13 bits per heavy atom. The molecule has 2 aromatic carbocycles. The van der Waals surface area contributed by atoms with Gasteiger partial charge in [-0.25, -0.2) is 0 Å². The molecule has 0 saturated heterocycles. The molecule has 0 aliphatic rings. The highest BCUT2D eigenvalue weighted by atomic mass is 32.2. The van der Waals surface area contributed by atoms with Gasteiger partial charge < -0.3 is 9.84 Å². The summed E-state index contributed by atoms with van der Waals surface area (Å²) in [6.45, 7) is 6.28. The highest BCUT2D eigenvalue weighted by molar-refractivity contribution is 7.98. The summed E-state index contributed by atoms with van der Waals surface area (Å²) in [5.74, 6) is 1.91. The van der Waals surface area contributed by atoms with E-state index >= 15 is 0 Å². The van der Waals surface area contributed by atoms with Gasteiger partial charge >= 0.3 is 0 Å². The topological polar surface area (TPSA) is 32.7 Å². The molecule has 0 aliphatic heterocycles. The van der Waals surface area contributed by atoms with Crippen LogP contribution in [0.1, 0.15) is 13.8 Å². The molecule has 4 heteroatoms. The number of rotatable bonds is 9. The third kappa shape index (κ3) is 5.41. The SMILES string of the molecule is CSCCN(C[C@H](O)COc1cccc2ccccc12)C(C)C. The van der Waals surface area contributed by atoms with Crippen LogP contribution < -0.4 is 4.74 Å². The summed E-state index contributed by atoms with van der Waals surface area (Å²) in [5.41, 5.74) is 0. The number of aliphatic hydroxyl groups is 1. The zero-order chi connectivity index (χ0) is 16.7. The number of thioether (sulfide) groups is 1. The molecule has 1 N–H and O–H groups in total. The van der Waals surface area contributed by atoms with Gasteiger partial charge in [0.2, 0.25) is 0 Å². The summed E-state index contributed by atoms with van der Waals surface area (Å²) in [4.78, 5) is 2.30. The van der Waals surface area contributed by atoms with Crippen LogP contribution in [0.25, 0.3) is 10.8 Å². The Labute approximate surface area is 143 Å². The molecule has 0 radical (unpaired) electrons. The Morgan fingerprint density at radius 3 is 2.61 bits per heavy atom. The highest BCUT2D eigenvalue weighted by Crippen LogP contribution is 2.25. The summed E-state index contributed by atoms with van der Waals surface area (Å²) in [6.07, 6.45) is 1.62. The van der Waals surface area contributed by atoms with Crippen molar-refractivity contribution < 1.29 is 9.84 Å². The molecule has 0 bridgehead atoms. The molecule has 0 heterocycles. The monoisotopic (exact) mass is 333 g/mol. The van der Waals surface area contributed by atoms with E-state index < -0.39 is 6.10 Å². The Kier molecular flexibility index (Phi) is 7.21. The molecule has 2 rings (SSSR count). The van der Waals surface area contributed by atoms with Gasteiger partial charge in [0.1, 0.15) is 18.5 Å². The van der Waals surface area contributed by atoms with Crippen molar-refractivity contribution in [1.29, 1.82) is 0 Å². The van der Waals surface area contributed by atoms with Crippen molar-refractivity contribution in [3.8, 4) is 5.75 Å². The van der Waals surface area contributed by atoms with E-state index in [2.05, 4.69) is 43.2 Å². The summed E-state index contributed by atoms with van der Waals surface area (Å²) < 4.78 is 5.88. The molecule has 0 spiro atoms. The first-order valence-corrected chi connectivity index (χ1v) is 9.52. The molecule has 0 fully saturated rings. The third-order valence-corrected chi connectivity index (χ3v) is 4.53. The van der Waals surface area contributed by atoms with Gasteiger partial charge in [-0.2, -0.15) is 11.8 Å². The number of aliphatic hydroxyl groups excluding tert-OH is 1. The van der Waals surface area contributed by atoms with Gasteiger partial charge in [0.25, 0.3) is 0 Å². The smallest absolute Gasteiger partial charge is 0.127 e.